The highest BCUT2D eigenvalue weighted by molar-refractivity contribution is 6.07. The Morgan fingerprint density at radius 3 is 2.38 bits per heavy atom. The van der Waals surface area contributed by atoms with E-state index in [1.807, 2.05) is 12.1 Å². The molecule has 4 heteroatoms. The van der Waals surface area contributed by atoms with Gasteiger partial charge in [-0.25, -0.2) is 0 Å². The van der Waals surface area contributed by atoms with Crippen LogP contribution in [0.1, 0.15) is 17.5 Å². The van der Waals surface area contributed by atoms with E-state index in [2.05, 4.69) is 0 Å². The molecule has 1 aliphatic carbocycles. The van der Waals surface area contributed by atoms with Crippen molar-refractivity contribution in [1.29, 1.82) is 0 Å². The standard InChI is InChI=1S/C17H14O4/c18-15(19)17(11-10-12-6-4-5-9-14(12)17)16(20)21-13-7-2-1-3-8-13/h1-9H,10-11H2,(H,18,19). The summed E-state index contributed by atoms with van der Waals surface area (Å²) in [6.45, 7) is 0. The van der Waals surface area contributed by atoms with Crippen LogP contribution < -0.4 is 4.74 Å². The summed E-state index contributed by atoms with van der Waals surface area (Å²) in [6, 6.07) is 15.7. The van der Waals surface area contributed by atoms with Crippen LogP contribution in [0.25, 0.3) is 0 Å². The molecule has 0 amide bonds. The molecule has 0 fully saturated rings. The van der Waals surface area contributed by atoms with Gasteiger partial charge in [-0.15, -0.1) is 0 Å². The van der Waals surface area contributed by atoms with Crippen LogP contribution in [0.3, 0.4) is 0 Å². The van der Waals surface area contributed by atoms with Crippen LogP contribution in [0.2, 0.25) is 0 Å². The fraction of sp³-hybridized carbons (Fsp3) is 0.176. The molecule has 4 nitrogen and oxygen atoms in total. The molecule has 1 aliphatic rings. The number of hydrogen-bond acceptors (Lipinski definition) is 3. The number of benzene rings is 2. The summed E-state index contributed by atoms with van der Waals surface area (Å²) >= 11 is 0. The molecule has 0 aliphatic heterocycles. The van der Waals surface area contributed by atoms with E-state index in [1.54, 1.807) is 42.5 Å². The van der Waals surface area contributed by atoms with E-state index >= 15 is 0 Å². The van der Waals surface area contributed by atoms with Crippen LogP contribution in [0.4, 0.5) is 0 Å². The maximum atomic E-state index is 12.5. The smallest absolute Gasteiger partial charge is 0.333 e. The predicted octanol–water partition coefficient (Wildman–Crippen LogP) is 2.56. The average Bonchev–Trinajstić information content (AvgIpc) is 2.89. The van der Waals surface area contributed by atoms with Crippen molar-refractivity contribution in [2.75, 3.05) is 0 Å². The minimum atomic E-state index is -1.60. The van der Waals surface area contributed by atoms with Gasteiger partial charge < -0.3 is 9.84 Å². The van der Waals surface area contributed by atoms with Gasteiger partial charge in [0.05, 0.1) is 0 Å². The van der Waals surface area contributed by atoms with Gasteiger partial charge >= 0.3 is 11.9 Å². The lowest BCUT2D eigenvalue weighted by Gasteiger charge is -2.23. The number of carboxylic acid groups (broad SMARTS) is 1. The summed E-state index contributed by atoms with van der Waals surface area (Å²) in [5, 5.41) is 9.66. The first-order valence-electron chi connectivity index (χ1n) is 6.74. The fourth-order valence-electron chi connectivity index (χ4n) is 2.82. The molecule has 0 aromatic heterocycles. The maximum absolute atomic E-state index is 12.5. The first-order valence-corrected chi connectivity index (χ1v) is 6.74. The third-order valence-electron chi connectivity index (χ3n) is 3.91. The van der Waals surface area contributed by atoms with Gasteiger partial charge in [-0.2, -0.15) is 0 Å². The summed E-state index contributed by atoms with van der Waals surface area (Å²) < 4.78 is 5.30. The van der Waals surface area contributed by atoms with Crippen LogP contribution >= 0.6 is 0 Å². The Hall–Kier alpha value is -2.62. The number of hydrogen-bond donors (Lipinski definition) is 1. The number of carboxylic acids is 1. The molecule has 1 atom stereocenters. The average molecular weight is 282 g/mol. The number of para-hydroxylation sites is 1. The van der Waals surface area contributed by atoms with Gasteiger partial charge in [0.15, 0.2) is 5.41 Å². The first-order chi connectivity index (χ1) is 10.1. The Kier molecular flexibility index (Phi) is 3.22. The zero-order valence-corrected chi connectivity index (χ0v) is 11.3. The van der Waals surface area contributed by atoms with Crippen LogP contribution in [-0.4, -0.2) is 17.0 Å². The molecule has 0 saturated carbocycles. The minimum Gasteiger partial charge on any atom is -0.480 e. The first kappa shape index (κ1) is 13.4. The van der Waals surface area contributed by atoms with Gasteiger partial charge in [-0.05, 0) is 36.1 Å². The number of esters is 1. The number of carbonyl (C=O) groups is 2. The molecule has 1 N–H and O–H groups in total. The molecule has 106 valence electrons. The van der Waals surface area contributed by atoms with Gasteiger partial charge in [0.1, 0.15) is 5.75 Å². The Labute approximate surface area is 122 Å². The molecule has 2 aromatic carbocycles. The Balaban J connectivity index is 2.00. The number of aryl methyl sites for hydroxylation is 1. The monoisotopic (exact) mass is 282 g/mol. The molecule has 0 heterocycles. The van der Waals surface area contributed by atoms with Crippen molar-refractivity contribution >= 4 is 11.9 Å². The topological polar surface area (TPSA) is 63.6 Å². The van der Waals surface area contributed by atoms with Gasteiger partial charge in [0.25, 0.3) is 0 Å². The van der Waals surface area contributed by atoms with Crippen molar-refractivity contribution in [1.82, 2.24) is 0 Å². The summed E-state index contributed by atoms with van der Waals surface area (Å²) in [4.78, 5) is 24.4. The summed E-state index contributed by atoms with van der Waals surface area (Å²) in [6.07, 6.45) is 0.791. The number of aliphatic carboxylic acids is 1. The summed E-state index contributed by atoms with van der Waals surface area (Å²) in [7, 11) is 0. The van der Waals surface area contributed by atoms with Crippen LogP contribution in [-0.2, 0) is 21.4 Å². The lowest BCUT2D eigenvalue weighted by atomic mass is 9.82. The highest BCUT2D eigenvalue weighted by atomic mass is 16.5. The molecule has 2 aromatic rings. The zero-order valence-electron chi connectivity index (χ0n) is 11.3. The molecule has 0 spiro atoms. The molecular weight excluding hydrogens is 268 g/mol. The second-order valence-corrected chi connectivity index (χ2v) is 5.07. The Morgan fingerprint density at radius 2 is 1.67 bits per heavy atom. The third kappa shape index (κ3) is 2.09. The van der Waals surface area contributed by atoms with Crippen LogP contribution in [0.15, 0.2) is 54.6 Å². The maximum Gasteiger partial charge on any atom is 0.333 e. The van der Waals surface area contributed by atoms with E-state index < -0.39 is 17.4 Å². The molecule has 21 heavy (non-hydrogen) atoms. The largest absolute Gasteiger partial charge is 0.480 e. The highest BCUT2D eigenvalue weighted by Crippen LogP contribution is 2.40. The molecule has 0 saturated heterocycles. The SMILES string of the molecule is O=C(O)C1(C(=O)Oc2ccccc2)CCc2ccccc21. The van der Waals surface area contributed by atoms with E-state index in [9.17, 15) is 14.7 Å². The predicted molar refractivity (Wildman–Crippen MR) is 76.2 cm³/mol. The summed E-state index contributed by atoms with van der Waals surface area (Å²) in [5.74, 6) is -1.54. The lowest BCUT2D eigenvalue weighted by molar-refractivity contribution is -0.156. The van der Waals surface area contributed by atoms with Crippen molar-refractivity contribution < 1.29 is 19.4 Å². The third-order valence-corrected chi connectivity index (χ3v) is 3.91. The second-order valence-electron chi connectivity index (χ2n) is 5.07. The number of rotatable bonds is 3. The van der Waals surface area contributed by atoms with Crippen LogP contribution in [0, 0.1) is 0 Å². The summed E-state index contributed by atoms with van der Waals surface area (Å²) in [5.41, 5.74) is -0.171. The molecular formula is C17H14O4. The molecule has 0 bridgehead atoms. The molecule has 1 unspecified atom stereocenters. The Morgan fingerprint density at radius 1 is 1.00 bits per heavy atom. The van der Waals surface area contributed by atoms with Gasteiger partial charge in [0, 0.05) is 0 Å². The number of fused-ring (bicyclic) bond motifs is 1. The number of carbonyl (C=O) groups excluding carboxylic acids is 1. The second kappa shape index (κ2) is 5.05. The lowest BCUT2D eigenvalue weighted by Crippen LogP contribution is -2.44. The van der Waals surface area contributed by atoms with Crippen molar-refractivity contribution in [3.8, 4) is 5.75 Å². The molecule has 3 rings (SSSR count). The highest BCUT2D eigenvalue weighted by Gasteiger charge is 2.53. The van der Waals surface area contributed by atoms with E-state index in [4.69, 9.17) is 4.74 Å². The van der Waals surface area contributed by atoms with Crippen molar-refractivity contribution in [3.05, 3.63) is 65.7 Å². The van der Waals surface area contributed by atoms with Crippen molar-refractivity contribution in [3.63, 3.8) is 0 Å². The van der Waals surface area contributed by atoms with Crippen LogP contribution in [0.5, 0.6) is 5.75 Å². The zero-order chi connectivity index (χ0) is 14.9. The van der Waals surface area contributed by atoms with E-state index in [-0.39, 0.29) is 6.42 Å². The van der Waals surface area contributed by atoms with Gasteiger partial charge in [0.2, 0.25) is 0 Å². The minimum absolute atomic E-state index is 0.230. The van der Waals surface area contributed by atoms with E-state index in [0.717, 1.165) is 5.56 Å². The Bertz CT molecular complexity index is 693. The quantitative estimate of drug-likeness (QED) is 0.534. The van der Waals surface area contributed by atoms with Crippen molar-refractivity contribution in [2.45, 2.75) is 18.3 Å². The number of ether oxygens (including phenoxy) is 1. The van der Waals surface area contributed by atoms with E-state index in [1.165, 1.54) is 0 Å². The van der Waals surface area contributed by atoms with Gasteiger partial charge in [-0.3, -0.25) is 9.59 Å². The molecule has 0 radical (unpaired) electrons. The normalized spacial score (nSPS) is 19.8. The van der Waals surface area contributed by atoms with E-state index in [0.29, 0.717) is 17.7 Å². The fourth-order valence-corrected chi connectivity index (χ4v) is 2.82. The van der Waals surface area contributed by atoms with Crippen molar-refractivity contribution in [2.24, 2.45) is 0 Å². The van der Waals surface area contributed by atoms with Gasteiger partial charge in [-0.1, -0.05) is 42.5 Å².